The minimum Gasteiger partial charge on any atom is -0.545 e. The van der Waals surface area contributed by atoms with Crippen LogP contribution in [0.5, 0.6) is 5.75 Å². The number of amides is 2. The third-order valence-corrected chi connectivity index (χ3v) is 3.91. The van der Waals surface area contributed by atoms with Gasteiger partial charge >= 0.3 is 0 Å². The third kappa shape index (κ3) is 4.56. The number of benzene rings is 2. The standard InChI is InChI=1S/C19H14N2O5S/c22-16-15(17(23)21-19(27)20-16)9-11-4-6-14(7-5-11)26-10-12-2-1-3-13(8-12)18(24)25/h1-9H,10H2,(H,24,25)(H2,20,21,22,23,27)/p-1. The topological polar surface area (TPSA) is 108 Å². The zero-order chi connectivity index (χ0) is 19.4. The highest BCUT2D eigenvalue weighted by Crippen LogP contribution is 2.17. The molecule has 3 rings (SSSR count). The van der Waals surface area contributed by atoms with Gasteiger partial charge in [-0.25, -0.2) is 0 Å². The lowest BCUT2D eigenvalue weighted by molar-refractivity contribution is -0.255. The average Bonchev–Trinajstić information content (AvgIpc) is 2.64. The monoisotopic (exact) mass is 381 g/mol. The Hall–Kier alpha value is -3.52. The molecule has 0 bridgehead atoms. The molecule has 2 amide bonds. The minimum absolute atomic E-state index is 0.0198. The summed E-state index contributed by atoms with van der Waals surface area (Å²) in [6.45, 7) is 0.184. The molecule has 27 heavy (non-hydrogen) atoms. The van der Waals surface area contributed by atoms with Crippen molar-refractivity contribution < 1.29 is 24.2 Å². The highest BCUT2D eigenvalue weighted by Gasteiger charge is 2.25. The molecule has 2 aromatic rings. The summed E-state index contributed by atoms with van der Waals surface area (Å²) in [6, 6.07) is 13.0. The summed E-state index contributed by atoms with van der Waals surface area (Å²) in [6.07, 6.45) is 1.44. The third-order valence-electron chi connectivity index (χ3n) is 3.70. The van der Waals surface area contributed by atoms with E-state index in [2.05, 4.69) is 10.6 Å². The average molecular weight is 381 g/mol. The number of nitrogens with one attached hydrogen (secondary N) is 2. The highest BCUT2D eigenvalue weighted by molar-refractivity contribution is 7.80. The molecule has 2 N–H and O–H groups in total. The van der Waals surface area contributed by atoms with Crippen LogP contribution in [0.2, 0.25) is 0 Å². The molecule has 0 aromatic heterocycles. The number of carbonyl (C=O) groups is 3. The molecule has 1 heterocycles. The number of carbonyl (C=O) groups excluding carboxylic acids is 3. The highest BCUT2D eigenvalue weighted by atomic mass is 32.1. The predicted molar refractivity (Wildman–Crippen MR) is 98.4 cm³/mol. The van der Waals surface area contributed by atoms with Crippen LogP contribution in [0.1, 0.15) is 21.5 Å². The van der Waals surface area contributed by atoms with Crippen molar-refractivity contribution in [2.45, 2.75) is 6.61 Å². The molecule has 1 aliphatic heterocycles. The predicted octanol–water partition coefficient (Wildman–Crippen LogP) is 0.543. The summed E-state index contributed by atoms with van der Waals surface area (Å²) >= 11 is 4.74. The van der Waals surface area contributed by atoms with Crippen LogP contribution in [-0.2, 0) is 16.2 Å². The molecule has 2 aromatic carbocycles. The van der Waals surface area contributed by atoms with E-state index in [1.165, 1.54) is 18.2 Å². The lowest BCUT2D eigenvalue weighted by atomic mass is 10.1. The molecule has 1 fully saturated rings. The van der Waals surface area contributed by atoms with Crippen LogP contribution >= 0.6 is 12.2 Å². The van der Waals surface area contributed by atoms with Gasteiger partial charge in [0.25, 0.3) is 11.8 Å². The number of aromatic carboxylic acids is 1. The van der Waals surface area contributed by atoms with E-state index >= 15 is 0 Å². The fourth-order valence-corrected chi connectivity index (χ4v) is 2.57. The summed E-state index contributed by atoms with van der Waals surface area (Å²) < 4.78 is 5.62. The molecule has 8 heteroatoms. The zero-order valence-corrected chi connectivity index (χ0v) is 14.7. The van der Waals surface area contributed by atoms with E-state index in [0.29, 0.717) is 16.9 Å². The van der Waals surface area contributed by atoms with Crippen molar-refractivity contribution in [2.75, 3.05) is 0 Å². The van der Waals surface area contributed by atoms with Crippen molar-refractivity contribution in [1.82, 2.24) is 10.6 Å². The van der Waals surface area contributed by atoms with Gasteiger partial charge in [0.15, 0.2) is 5.11 Å². The Morgan fingerprint density at radius 3 is 2.37 bits per heavy atom. The maximum Gasteiger partial charge on any atom is 0.263 e. The molecule has 0 aliphatic carbocycles. The molecule has 1 aliphatic rings. The summed E-state index contributed by atoms with van der Waals surface area (Å²) in [4.78, 5) is 34.5. The summed E-state index contributed by atoms with van der Waals surface area (Å²) in [5, 5.41) is 15.6. The second-order valence-electron chi connectivity index (χ2n) is 5.64. The Balaban J connectivity index is 1.67. The molecule has 0 unspecified atom stereocenters. The summed E-state index contributed by atoms with van der Waals surface area (Å²) in [5.74, 6) is -1.81. The zero-order valence-electron chi connectivity index (χ0n) is 13.9. The maximum atomic E-state index is 11.8. The Morgan fingerprint density at radius 2 is 1.74 bits per heavy atom. The number of carboxylic acids is 1. The number of hydrogen-bond acceptors (Lipinski definition) is 6. The van der Waals surface area contributed by atoms with Crippen molar-refractivity contribution in [3.05, 3.63) is 70.8 Å². The van der Waals surface area contributed by atoms with Gasteiger partial charge in [0.1, 0.15) is 17.9 Å². The van der Waals surface area contributed by atoms with E-state index in [1.807, 2.05) is 0 Å². The van der Waals surface area contributed by atoms with Gasteiger partial charge in [0, 0.05) is 0 Å². The molecule has 0 saturated carbocycles. The lowest BCUT2D eigenvalue weighted by Crippen LogP contribution is -2.51. The Bertz CT molecular complexity index is 944. The lowest BCUT2D eigenvalue weighted by Gasteiger charge is -2.16. The van der Waals surface area contributed by atoms with Crippen molar-refractivity contribution in [1.29, 1.82) is 0 Å². The quantitative estimate of drug-likeness (QED) is 0.445. The Labute approximate surface area is 159 Å². The normalized spacial score (nSPS) is 13.6. The second-order valence-corrected chi connectivity index (χ2v) is 6.05. The first-order valence-corrected chi connectivity index (χ1v) is 8.25. The van der Waals surface area contributed by atoms with Gasteiger partial charge in [0.2, 0.25) is 0 Å². The number of rotatable bonds is 5. The molecule has 136 valence electrons. The first kappa shape index (κ1) is 18.3. The van der Waals surface area contributed by atoms with Gasteiger partial charge in [-0.05, 0) is 53.2 Å². The second kappa shape index (κ2) is 7.79. The van der Waals surface area contributed by atoms with Crippen LogP contribution in [0.3, 0.4) is 0 Å². The van der Waals surface area contributed by atoms with E-state index < -0.39 is 17.8 Å². The van der Waals surface area contributed by atoms with Gasteiger partial charge in [0.05, 0.1) is 5.97 Å². The molecule has 0 radical (unpaired) electrons. The Kier molecular flexibility index (Phi) is 5.28. The maximum absolute atomic E-state index is 11.8. The molecule has 0 spiro atoms. The summed E-state index contributed by atoms with van der Waals surface area (Å²) in [7, 11) is 0. The van der Waals surface area contributed by atoms with Crippen LogP contribution < -0.4 is 20.5 Å². The number of carboxylic acid groups (broad SMARTS) is 1. The van der Waals surface area contributed by atoms with E-state index in [4.69, 9.17) is 17.0 Å². The Morgan fingerprint density at radius 1 is 1.07 bits per heavy atom. The first-order chi connectivity index (χ1) is 12.9. The smallest absolute Gasteiger partial charge is 0.263 e. The summed E-state index contributed by atoms with van der Waals surface area (Å²) in [5.41, 5.74) is 1.36. The van der Waals surface area contributed by atoms with Gasteiger partial charge in [-0.2, -0.15) is 0 Å². The minimum atomic E-state index is -1.24. The number of hydrogen-bond donors (Lipinski definition) is 2. The van der Waals surface area contributed by atoms with Crippen LogP contribution in [-0.4, -0.2) is 22.9 Å². The van der Waals surface area contributed by atoms with Crippen LogP contribution in [0.4, 0.5) is 0 Å². The van der Waals surface area contributed by atoms with Crippen molar-refractivity contribution in [3.8, 4) is 5.75 Å². The SMILES string of the molecule is O=C1NC(=S)NC(=O)C1=Cc1ccc(OCc2cccc(C(=O)[O-])c2)cc1. The van der Waals surface area contributed by atoms with E-state index in [9.17, 15) is 19.5 Å². The van der Waals surface area contributed by atoms with E-state index in [-0.39, 0.29) is 22.9 Å². The van der Waals surface area contributed by atoms with Crippen LogP contribution in [0.15, 0.2) is 54.1 Å². The molecule has 0 atom stereocenters. The number of thiocarbonyl (C=S) groups is 1. The molecule has 7 nitrogen and oxygen atoms in total. The van der Waals surface area contributed by atoms with Crippen molar-refractivity contribution >= 4 is 41.2 Å². The van der Waals surface area contributed by atoms with E-state index in [1.54, 1.807) is 36.4 Å². The molecular weight excluding hydrogens is 368 g/mol. The fourth-order valence-electron chi connectivity index (χ4n) is 2.39. The van der Waals surface area contributed by atoms with Crippen molar-refractivity contribution in [3.63, 3.8) is 0 Å². The fraction of sp³-hybridized carbons (Fsp3) is 0.0526. The molecular formula is C19H13N2O5S-. The van der Waals surface area contributed by atoms with Crippen LogP contribution in [0, 0.1) is 0 Å². The van der Waals surface area contributed by atoms with Gasteiger partial charge in [-0.1, -0.05) is 30.3 Å². The van der Waals surface area contributed by atoms with E-state index in [0.717, 1.165) is 0 Å². The molecule has 1 saturated heterocycles. The van der Waals surface area contributed by atoms with Gasteiger partial charge < -0.3 is 14.6 Å². The van der Waals surface area contributed by atoms with Gasteiger partial charge in [-0.3, -0.25) is 20.2 Å². The first-order valence-electron chi connectivity index (χ1n) is 7.84. The largest absolute Gasteiger partial charge is 0.545 e. The number of ether oxygens (including phenoxy) is 1. The van der Waals surface area contributed by atoms with Crippen molar-refractivity contribution in [2.24, 2.45) is 0 Å². The van der Waals surface area contributed by atoms with Gasteiger partial charge in [-0.15, -0.1) is 0 Å². The van der Waals surface area contributed by atoms with Crippen LogP contribution in [0.25, 0.3) is 6.08 Å².